The summed E-state index contributed by atoms with van der Waals surface area (Å²) < 4.78 is 7.66. The van der Waals surface area contributed by atoms with Crippen LogP contribution < -0.4 is 0 Å². The molecule has 0 spiro atoms. The van der Waals surface area contributed by atoms with Crippen molar-refractivity contribution < 1.29 is 9.84 Å². The maximum absolute atomic E-state index is 10.1. The second-order valence-electron chi connectivity index (χ2n) is 5.48. The Morgan fingerprint density at radius 1 is 1.52 bits per heavy atom. The van der Waals surface area contributed by atoms with E-state index in [1.165, 1.54) is 10.6 Å². The molecule has 0 amide bonds. The van der Waals surface area contributed by atoms with Crippen molar-refractivity contribution >= 4 is 11.3 Å². The summed E-state index contributed by atoms with van der Waals surface area (Å²) in [5.41, 5.74) is 2.45. The minimum Gasteiger partial charge on any atom is -0.389 e. The highest BCUT2D eigenvalue weighted by Crippen LogP contribution is 2.17. The topological polar surface area (TPSA) is 50.5 Å². The molecule has 1 N–H and O–H groups in total. The number of thiophene rings is 1. The van der Waals surface area contributed by atoms with E-state index in [0.29, 0.717) is 19.8 Å². The van der Waals surface area contributed by atoms with Gasteiger partial charge in [-0.25, -0.2) is 4.98 Å². The van der Waals surface area contributed by atoms with Crippen molar-refractivity contribution in [3.8, 4) is 0 Å². The largest absolute Gasteiger partial charge is 0.389 e. The van der Waals surface area contributed by atoms with Crippen molar-refractivity contribution in [3.05, 3.63) is 40.1 Å². The molecule has 114 valence electrons. The minimum absolute atomic E-state index is 0.378. The van der Waals surface area contributed by atoms with Crippen molar-refractivity contribution in [2.45, 2.75) is 25.7 Å². The van der Waals surface area contributed by atoms with Crippen molar-refractivity contribution in [1.82, 2.24) is 14.5 Å². The molecule has 5 nitrogen and oxygen atoms in total. The lowest BCUT2D eigenvalue weighted by Crippen LogP contribution is -2.38. The van der Waals surface area contributed by atoms with Crippen molar-refractivity contribution in [1.29, 1.82) is 0 Å². The van der Waals surface area contributed by atoms with Gasteiger partial charge >= 0.3 is 0 Å². The van der Waals surface area contributed by atoms with Crippen LogP contribution in [0.5, 0.6) is 0 Å². The molecule has 3 heterocycles. The van der Waals surface area contributed by atoms with Gasteiger partial charge in [0.25, 0.3) is 0 Å². The van der Waals surface area contributed by atoms with E-state index in [0.717, 1.165) is 25.2 Å². The zero-order valence-electron chi connectivity index (χ0n) is 12.2. The maximum Gasteiger partial charge on any atom is 0.0949 e. The standard InChI is InChI=1S/C15H21N3O2S/c1-17-11-16-14-8-18(5-4-15(14)17)7-12(19)9-20-10-13-3-2-6-21-13/h2-3,6,11-12,19H,4-5,7-10H2,1H3. The molecule has 21 heavy (non-hydrogen) atoms. The number of imidazole rings is 1. The Kier molecular flexibility index (Phi) is 4.70. The molecule has 1 atom stereocenters. The van der Waals surface area contributed by atoms with Crippen LogP contribution in [0.3, 0.4) is 0 Å². The zero-order valence-corrected chi connectivity index (χ0v) is 13.1. The molecule has 6 heteroatoms. The van der Waals surface area contributed by atoms with E-state index < -0.39 is 6.10 Å². The van der Waals surface area contributed by atoms with Gasteiger partial charge in [0.1, 0.15) is 0 Å². The molecule has 0 aromatic carbocycles. The highest BCUT2D eigenvalue weighted by atomic mass is 32.1. The first kappa shape index (κ1) is 14.7. The summed E-state index contributed by atoms with van der Waals surface area (Å²) in [5.74, 6) is 0. The number of hydrogen-bond donors (Lipinski definition) is 1. The summed E-state index contributed by atoms with van der Waals surface area (Å²) in [6.45, 7) is 3.38. The van der Waals surface area contributed by atoms with Crippen LogP contribution in [0.1, 0.15) is 16.3 Å². The average molecular weight is 307 g/mol. The van der Waals surface area contributed by atoms with Gasteiger partial charge in [0, 0.05) is 43.7 Å². The van der Waals surface area contributed by atoms with Gasteiger partial charge in [0.15, 0.2) is 0 Å². The van der Waals surface area contributed by atoms with E-state index in [1.807, 2.05) is 30.9 Å². The first-order chi connectivity index (χ1) is 10.2. The third-order valence-electron chi connectivity index (χ3n) is 3.79. The van der Waals surface area contributed by atoms with Crippen LogP contribution in [0.15, 0.2) is 23.8 Å². The van der Waals surface area contributed by atoms with Crippen molar-refractivity contribution in [2.75, 3.05) is 19.7 Å². The van der Waals surface area contributed by atoms with Crippen LogP contribution >= 0.6 is 11.3 Å². The number of aliphatic hydroxyl groups is 1. The van der Waals surface area contributed by atoms with Crippen LogP contribution in [-0.4, -0.2) is 45.4 Å². The molecule has 2 aromatic rings. The molecule has 0 bridgehead atoms. The third kappa shape index (κ3) is 3.71. The quantitative estimate of drug-likeness (QED) is 0.877. The molecule has 0 saturated carbocycles. The van der Waals surface area contributed by atoms with E-state index in [4.69, 9.17) is 4.74 Å². The summed E-state index contributed by atoms with van der Waals surface area (Å²) in [6.07, 6.45) is 2.42. The summed E-state index contributed by atoms with van der Waals surface area (Å²) in [6, 6.07) is 4.06. The van der Waals surface area contributed by atoms with Gasteiger partial charge in [0.05, 0.1) is 31.3 Å². The number of nitrogens with zero attached hydrogens (tertiary/aromatic N) is 3. The number of β-amino-alcohol motifs (C(OH)–C–C–N with tert-alkyl or cyclic N) is 1. The fourth-order valence-electron chi connectivity index (χ4n) is 2.71. The number of hydrogen-bond acceptors (Lipinski definition) is 5. The van der Waals surface area contributed by atoms with Gasteiger partial charge < -0.3 is 14.4 Å². The lowest BCUT2D eigenvalue weighted by molar-refractivity contribution is 0.00820. The van der Waals surface area contributed by atoms with Crippen LogP contribution in [0.4, 0.5) is 0 Å². The molecule has 1 aliphatic heterocycles. The Balaban J connectivity index is 1.42. The third-order valence-corrected chi connectivity index (χ3v) is 4.64. The zero-order chi connectivity index (χ0) is 14.7. The van der Waals surface area contributed by atoms with Gasteiger partial charge in [-0.05, 0) is 11.4 Å². The highest BCUT2D eigenvalue weighted by molar-refractivity contribution is 7.09. The van der Waals surface area contributed by atoms with Gasteiger partial charge in [-0.1, -0.05) is 6.07 Å². The van der Waals surface area contributed by atoms with Crippen molar-refractivity contribution in [3.63, 3.8) is 0 Å². The number of fused-ring (bicyclic) bond motifs is 1. The molecule has 2 aromatic heterocycles. The van der Waals surface area contributed by atoms with E-state index in [-0.39, 0.29) is 0 Å². The molecular formula is C15H21N3O2S. The molecule has 0 saturated heterocycles. The molecule has 3 rings (SSSR count). The van der Waals surface area contributed by atoms with E-state index in [2.05, 4.69) is 14.5 Å². The molecule has 0 fully saturated rings. The summed E-state index contributed by atoms with van der Waals surface area (Å²) in [5, 5.41) is 12.1. The molecule has 0 aliphatic carbocycles. The Morgan fingerprint density at radius 2 is 2.43 bits per heavy atom. The second kappa shape index (κ2) is 6.70. The van der Waals surface area contributed by atoms with Crippen LogP contribution in [0.25, 0.3) is 0 Å². The SMILES string of the molecule is Cn1cnc2c1CCN(CC(O)COCc1cccs1)C2. The first-order valence-corrected chi connectivity index (χ1v) is 8.10. The van der Waals surface area contributed by atoms with Crippen LogP contribution in [-0.2, 0) is 31.4 Å². The summed E-state index contributed by atoms with van der Waals surface area (Å²) >= 11 is 1.68. The molecular weight excluding hydrogens is 286 g/mol. The smallest absolute Gasteiger partial charge is 0.0949 e. The van der Waals surface area contributed by atoms with E-state index in [1.54, 1.807) is 11.3 Å². The molecule has 0 radical (unpaired) electrons. The van der Waals surface area contributed by atoms with Crippen LogP contribution in [0.2, 0.25) is 0 Å². The number of aryl methyl sites for hydroxylation is 1. The van der Waals surface area contributed by atoms with Gasteiger partial charge in [-0.2, -0.15) is 0 Å². The normalized spacial score (nSPS) is 16.9. The molecule has 1 unspecified atom stereocenters. The number of rotatable bonds is 6. The fourth-order valence-corrected chi connectivity index (χ4v) is 3.35. The average Bonchev–Trinajstić information content (AvgIpc) is 3.09. The summed E-state index contributed by atoms with van der Waals surface area (Å²) in [4.78, 5) is 7.86. The predicted molar refractivity (Wildman–Crippen MR) is 82.2 cm³/mol. The highest BCUT2D eigenvalue weighted by Gasteiger charge is 2.21. The monoisotopic (exact) mass is 307 g/mol. The van der Waals surface area contributed by atoms with E-state index in [9.17, 15) is 5.11 Å². The minimum atomic E-state index is -0.449. The van der Waals surface area contributed by atoms with Gasteiger partial charge in [0.2, 0.25) is 0 Å². The lowest BCUT2D eigenvalue weighted by atomic mass is 10.1. The number of aliphatic hydroxyl groups excluding tert-OH is 1. The second-order valence-corrected chi connectivity index (χ2v) is 6.51. The summed E-state index contributed by atoms with van der Waals surface area (Å²) in [7, 11) is 2.04. The van der Waals surface area contributed by atoms with Crippen molar-refractivity contribution in [2.24, 2.45) is 7.05 Å². The van der Waals surface area contributed by atoms with Crippen LogP contribution in [0, 0.1) is 0 Å². The Hall–Kier alpha value is -1.21. The predicted octanol–water partition coefficient (Wildman–Crippen LogP) is 1.42. The number of ether oxygens (including phenoxy) is 1. The first-order valence-electron chi connectivity index (χ1n) is 7.22. The molecule has 1 aliphatic rings. The number of aromatic nitrogens is 2. The van der Waals surface area contributed by atoms with Gasteiger partial charge in [-0.3, -0.25) is 4.90 Å². The Labute approximate surface area is 128 Å². The maximum atomic E-state index is 10.1. The van der Waals surface area contributed by atoms with Gasteiger partial charge in [-0.15, -0.1) is 11.3 Å². The van der Waals surface area contributed by atoms with E-state index >= 15 is 0 Å². The Bertz CT molecular complexity index is 567. The Morgan fingerprint density at radius 3 is 3.24 bits per heavy atom. The lowest BCUT2D eigenvalue weighted by Gasteiger charge is -2.28. The fraction of sp³-hybridized carbons (Fsp3) is 0.533.